The summed E-state index contributed by atoms with van der Waals surface area (Å²) in [4.78, 5) is 25.2. The Kier molecular flexibility index (Phi) is 6.38. The van der Waals surface area contributed by atoms with E-state index in [2.05, 4.69) is 5.32 Å². The van der Waals surface area contributed by atoms with Crippen molar-refractivity contribution in [3.8, 4) is 5.69 Å². The third-order valence-electron chi connectivity index (χ3n) is 5.05. The SMILES string of the molecule is O=C(NCc1cn(-c2ccccc2)c2cc(Cl)ccc2c1=O)OC1C=CC([NH+]([O-])[O-])=CC1. The van der Waals surface area contributed by atoms with E-state index in [1.807, 2.05) is 34.9 Å². The number of aromatic nitrogens is 1. The molecule has 1 aliphatic carbocycles. The maximum absolute atomic E-state index is 13.0. The summed E-state index contributed by atoms with van der Waals surface area (Å²) in [7, 11) is 0. The van der Waals surface area contributed by atoms with E-state index >= 15 is 0 Å². The number of carbonyl (C=O) groups is 1. The second-order valence-corrected chi connectivity index (χ2v) is 7.63. The minimum absolute atomic E-state index is 0.0420. The lowest BCUT2D eigenvalue weighted by Gasteiger charge is -2.28. The summed E-state index contributed by atoms with van der Waals surface area (Å²) >= 11 is 6.16. The molecule has 2 N–H and O–H groups in total. The van der Waals surface area contributed by atoms with E-state index in [1.165, 1.54) is 18.2 Å². The Labute approximate surface area is 188 Å². The zero-order chi connectivity index (χ0) is 22.7. The summed E-state index contributed by atoms with van der Waals surface area (Å²) in [6.45, 7) is -0.0420. The number of nitrogens with zero attached hydrogens (tertiary/aromatic N) is 1. The van der Waals surface area contributed by atoms with Crippen molar-refractivity contribution < 1.29 is 14.8 Å². The third-order valence-corrected chi connectivity index (χ3v) is 5.29. The van der Waals surface area contributed by atoms with Gasteiger partial charge < -0.3 is 30.3 Å². The highest BCUT2D eigenvalue weighted by atomic mass is 35.5. The molecule has 32 heavy (non-hydrogen) atoms. The van der Waals surface area contributed by atoms with Crippen LogP contribution in [0.1, 0.15) is 12.0 Å². The molecule has 0 aliphatic heterocycles. The molecule has 8 nitrogen and oxygen atoms in total. The second kappa shape index (κ2) is 9.37. The number of hydrogen-bond donors (Lipinski definition) is 2. The summed E-state index contributed by atoms with van der Waals surface area (Å²) in [6.07, 6.45) is 4.83. The lowest BCUT2D eigenvalue weighted by molar-refractivity contribution is -0.744. The number of carbonyl (C=O) groups excluding carboxylic acids is 1. The summed E-state index contributed by atoms with van der Waals surface area (Å²) in [5.74, 6) is 0. The molecule has 9 heteroatoms. The van der Waals surface area contributed by atoms with Crippen molar-refractivity contribution in [3.63, 3.8) is 0 Å². The minimum Gasteiger partial charge on any atom is -0.628 e. The van der Waals surface area contributed by atoms with Crippen molar-refractivity contribution in [1.29, 1.82) is 0 Å². The molecule has 0 saturated carbocycles. The van der Waals surface area contributed by atoms with Crippen LogP contribution in [0.5, 0.6) is 0 Å². The highest BCUT2D eigenvalue weighted by Crippen LogP contribution is 2.21. The highest BCUT2D eigenvalue weighted by molar-refractivity contribution is 6.31. The van der Waals surface area contributed by atoms with Gasteiger partial charge in [-0.3, -0.25) is 4.79 Å². The molecule has 0 bridgehead atoms. The van der Waals surface area contributed by atoms with Crippen LogP contribution in [0.4, 0.5) is 4.79 Å². The Morgan fingerprint density at radius 2 is 2.00 bits per heavy atom. The zero-order valence-corrected chi connectivity index (χ0v) is 17.5. The number of ether oxygens (including phenoxy) is 1. The molecule has 3 aromatic rings. The summed E-state index contributed by atoms with van der Waals surface area (Å²) in [6, 6.07) is 14.5. The normalized spacial score (nSPS) is 15.6. The summed E-state index contributed by atoms with van der Waals surface area (Å²) < 4.78 is 7.13. The van der Waals surface area contributed by atoms with Gasteiger partial charge in [0.1, 0.15) is 11.8 Å². The summed E-state index contributed by atoms with van der Waals surface area (Å²) in [5.41, 5.74) is 1.69. The maximum atomic E-state index is 13.0. The lowest BCUT2D eigenvalue weighted by Crippen LogP contribution is -2.99. The molecule has 1 atom stereocenters. The van der Waals surface area contributed by atoms with Crippen LogP contribution in [0.25, 0.3) is 16.6 Å². The van der Waals surface area contributed by atoms with E-state index in [1.54, 1.807) is 24.4 Å². The molecule has 2 aromatic carbocycles. The molecule has 0 spiro atoms. The Bertz CT molecular complexity index is 1270. The molecule has 1 amide bonds. The Hall–Kier alpha value is -3.43. The number of rotatable bonds is 5. The van der Waals surface area contributed by atoms with Crippen LogP contribution >= 0.6 is 11.6 Å². The largest absolute Gasteiger partial charge is 0.628 e. The van der Waals surface area contributed by atoms with Gasteiger partial charge in [-0.1, -0.05) is 29.8 Å². The molecule has 164 valence electrons. The van der Waals surface area contributed by atoms with Crippen molar-refractivity contribution in [2.75, 3.05) is 0 Å². The fourth-order valence-corrected chi connectivity index (χ4v) is 3.63. The first-order chi connectivity index (χ1) is 15.4. The van der Waals surface area contributed by atoms with Crippen LogP contribution < -0.4 is 16.0 Å². The van der Waals surface area contributed by atoms with E-state index < -0.39 is 17.4 Å². The van der Waals surface area contributed by atoms with E-state index in [0.717, 1.165) is 5.69 Å². The number of alkyl carbamates (subject to hydrolysis) is 1. The summed E-state index contributed by atoms with van der Waals surface area (Å²) in [5, 5.41) is 23.9. The van der Waals surface area contributed by atoms with Crippen LogP contribution in [0.2, 0.25) is 5.02 Å². The fraction of sp³-hybridized carbons (Fsp3) is 0.130. The van der Waals surface area contributed by atoms with Gasteiger partial charge in [-0.25, -0.2) is 4.79 Å². The first-order valence-electron chi connectivity index (χ1n) is 9.86. The van der Waals surface area contributed by atoms with Crippen LogP contribution in [0.3, 0.4) is 0 Å². The Morgan fingerprint density at radius 3 is 2.69 bits per heavy atom. The van der Waals surface area contributed by atoms with Crippen LogP contribution in [0.15, 0.2) is 83.4 Å². The van der Waals surface area contributed by atoms with Gasteiger partial charge >= 0.3 is 6.09 Å². The highest BCUT2D eigenvalue weighted by Gasteiger charge is 2.16. The van der Waals surface area contributed by atoms with Gasteiger partial charge in [0, 0.05) is 34.3 Å². The zero-order valence-electron chi connectivity index (χ0n) is 16.8. The quantitative estimate of drug-likeness (QED) is 0.578. The number of para-hydroxylation sites is 1. The number of halogens is 1. The van der Waals surface area contributed by atoms with Gasteiger partial charge in [0.15, 0.2) is 5.43 Å². The van der Waals surface area contributed by atoms with Crippen LogP contribution in [0, 0.1) is 10.4 Å². The molecule has 1 aromatic heterocycles. The van der Waals surface area contributed by atoms with Gasteiger partial charge in [-0.2, -0.15) is 0 Å². The number of allylic oxidation sites excluding steroid dienone is 1. The Balaban J connectivity index is 1.54. The molecular formula is C23H19ClN3O5-. The number of quaternary nitrogens is 1. The molecule has 0 fully saturated rings. The van der Waals surface area contributed by atoms with Gasteiger partial charge in [-0.15, -0.1) is 0 Å². The number of hydrogen-bond acceptors (Lipinski definition) is 5. The van der Waals surface area contributed by atoms with Crippen LogP contribution in [-0.4, -0.2) is 16.8 Å². The fourth-order valence-electron chi connectivity index (χ4n) is 3.47. The standard InChI is InChI=1S/C23H19ClN3O5/c24-16-6-11-20-21(12-16)26(17-4-2-1-3-5-17)14-15(22(20)28)13-25-23(29)32-19-9-7-18(8-10-19)27(30)31/h1-9,11-12,14,19,27H,10,13H2,(H,25,29)/q-1. The molecule has 1 heterocycles. The molecule has 1 unspecified atom stereocenters. The lowest BCUT2D eigenvalue weighted by atomic mass is 10.1. The molecule has 0 saturated heterocycles. The average Bonchev–Trinajstić information content (AvgIpc) is 2.79. The Morgan fingerprint density at radius 1 is 1.22 bits per heavy atom. The number of hydroxylamine groups is 2. The average molecular weight is 453 g/mol. The smallest absolute Gasteiger partial charge is 0.408 e. The molecule has 0 radical (unpaired) electrons. The topological polar surface area (TPSA) is 111 Å². The maximum Gasteiger partial charge on any atom is 0.408 e. The van der Waals surface area contributed by atoms with Crippen molar-refractivity contribution >= 4 is 28.6 Å². The number of fused-ring (bicyclic) bond motifs is 1. The minimum atomic E-state index is -1.28. The molecule has 1 aliphatic rings. The van der Waals surface area contributed by atoms with Gasteiger partial charge in [0.2, 0.25) is 0 Å². The van der Waals surface area contributed by atoms with Gasteiger partial charge in [0.25, 0.3) is 0 Å². The molecular weight excluding hydrogens is 434 g/mol. The van der Waals surface area contributed by atoms with E-state index in [9.17, 15) is 20.0 Å². The van der Waals surface area contributed by atoms with E-state index in [4.69, 9.17) is 16.3 Å². The predicted molar refractivity (Wildman–Crippen MR) is 121 cm³/mol. The first kappa shape index (κ1) is 21.8. The van der Waals surface area contributed by atoms with Crippen LogP contribution in [-0.2, 0) is 11.3 Å². The number of nitrogens with one attached hydrogen (secondary N) is 2. The monoisotopic (exact) mass is 452 g/mol. The number of benzene rings is 2. The number of amides is 1. The third kappa shape index (κ3) is 4.74. The van der Waals surface area contributed by atoms with E-state index in [-0.39, 0.29) is 24.1 Å². The van der Waals surface area contributed by atoms with Crippen molar-refractivity contribution in [2.45, 2.75) is 19.1 Å². The molecule has 4 rings (SSSR count). The van der Waals surface area contributed by atoms with Gasteiger partial charge in [-0.05, 0) is 48.6 Å². The second-order valence-electron chi connectivity index (χ2n) is 7.19. The van der Waals surface area contributed by atoms with Crippen molar-refractivity contribution in [3.05, 3.63) is 110 Å². The van der Waals surface area contributed by atoms with Gasteiger partial charge in [0.05, 0.1) is 12.1 Å². The van der Waals surface area contributed by atoms with E-state index in [0.29, 0.717) is 21.5 Å². The van der Waals surface area contributed by atoms with Crippen molar-refractivity contribution in [1.82, 2.24) is 9.88 Å². The first-order valence-corrected chi connectivity index (χ1v) is 10.2. The number of pyridine rings is 1. The predicted octanol–water partition coefficient (Wildman–Crippen LogP) is 2.96. The van der Waals surface area contributed by atoms with Crippen molar-refractivity contribution in [2.24, 2.45) is 0 Å².